The van der Waals surface area contributed by atoms with Gasteiger partial charge in [-0.25, -0.2) is 0 Å². The Hall–Kier alpha value is -0.910. The number of rotatable bonds is 4. The molecule has 2 fully saturated rings. The van der Waals surface area contributed by atoms with Crippen molar-refractivity contribution in [2.75, 3.05) is 19.3 Å². The van der Waals surface area contributed by atoms with Crippen molar-refractivity contribution in [2.45, 2.75) is 36.8 Å². The number of ether oxygens (including phenoxy) is 1. The third-order valence-electron chi connectivity index (χ3n) is 4.94. The lowest BCUT2D eigenvalue weighted by atomic mass is 9.98. The van der Waals surface area contributed by atoms with E-state index in [0.29, 0.717) is 11.8 Å². The van der Waals surface area contributed by atoms with Gasteiger partial charge in [0.05, 0.1) is 0 Å². The van der Waals surface area contributed by atoms with E-state index in [1.807, 2.05) is 42.3 Å². The topological polar surface area (TPSA) is 55.6 Å². The summed E-state index contributed by atoms with van der Waals surface area (Å²) >= 11 is 1.69. The predicted octanol–water partition coefficient (Wildman–Crippen LogP) is 2.79. The summed E-state index contributed by atoms with van der Waals surface area (Å²) in [6.07, 6.45) is 3.85. The number of nitrogens with two attached hydrogens (primary N) is 1. The van der Waals surface area contributed by atoms with Crippen molar-refractivity contribution in [2.24, 2.45) is 17.6 Å². The SMILES string of the molecule is CSc1ccc(OC(C)C(=O)N2CC3CCC(N)C3C2)cc1.Cl. The Labute approximate surface area is 148 Å². The molecule has 1 aliphatic heterocycles. The van der Waals surface area contributed by atoms with Crippen LogP contribution in [0.2, 0.25) is 0 Å². The summed E-state index contributed by atoms with van der Waals surface area (Å²) in [6.45, 7) is 3.47. The van der Waals surface area contributed by atoms with Crippen molar-refractivity contribution in [3.8, 4) is 5.75 Å². The largest absolute Gasteiger partial charge is 0.481 e. The van der Waals surface area contributed by atoms with E-state index < -0.39 is 6.10 Å². The van der Waals surface area contributed by atoms with E-state index in [0.717, 1.165) is 31.7 Å². The van der Waals surface area contributed by atoms with Crippen molar-refractivity contribution in [3.63, 3.8) is 0 Å². The molecule has 0 radical (unpaired) electrons. The van der Waals surface area contributed by atoms with Crippen LogP contribution in [0.1, 0.15) is 19.8 Å². The first-order chi connectivity index (χ1) is 10.6. The molecule has 1 amide bonds. The molecule has 128 valence electrons. The summed E-state index contributed by atoms with van der Waals surface area (Å²) in [5.41, 5.74) is 6.14. The summed E-state index contributed by atoms with van der Waals surface area (Å²) in [5, 5.41) is 0. The monoisotopic (exact) mass is 356 g/mol. The van der Waals surface area contributed by atoms with Gasteiger partial charge in [-0.15, -0.1) is 24.2 Å². The van der Waals surface area contributed by atoms with Crippen molar-refractivity contribution in [1.82, 2.24) is 4.90 Å². The zero-order chi connectivity index (χ0) is 15.7. The average Bonchev–Trinajstić information content (AvgIpc) is 3.10. The van der Waals surface area contributed by atoms with Crippen molar-refractivity contribution in [1.29, 1.82) is 0 Å². The molecule has 1 saturated heterocycles. The van der Waals surface area contributed by atoms with Gasteiger partial charge in [0.1, 0.15) is 5.75 Å². The van der Waals surface area contributed by atoms with Crippen LogP contribution in [0.3, 0.4) is 0 Å². The van der Waals surface area contributed by atoms with Gasteiger partial charge in [0.2, 0.25) is 0 Å². The van der Waals surface area contributed by atoms with E-state index in [-0.39, 0.29) is 24.4 Å². The van der Waals surface area contributed by atoms with Gasteiger partial charge < -0.3 is 15.4 Å². The Bertz CT molecular complexity index is 540. The molecule has 1 aliphatic carbocycles. The summed E-state index contributed by atoms with van der Waals surface area (Å²) in [4.78, 5) is 15.7. The Morgan fingerprint density at radius 2 is 2.00 bits per heavy atom. The van der Waals surface area contributed by atoms with Gasteiger partial charge in [-0.05, 0) is 62.1 Å². The van der Waals surface area contributed by atoms with Crippen LogP contribution in [0.4, 0.5) is 0 Å². The molecule has 1 heterocycles. The first kappa shape index (κ1) is 18.4. The fraction of sp³-hybridized carbons (Fsp3) is 0.588. The molecule has 4 atom stereocenters. The van der Waals surface area contributed by atoms with E-state index in [1.54, 1.807) is 11.8 Å². The van der Waals surface area contributed by atoms with E-state index in [9.17, 15) is 4.79 Å². The van der Waals surface area contributed by atoms with E-state index in [1.165, 1.54) is 4.90 Å². The van der Waals surface area contributed by atoms with Crippen LogP contribution in [0.15, 0.2) is 29.2 Å². The number of benzene rings is 1. The quantitative estimate of drug-likeness (QED) is 0.843. The fourth-order valence-corrected chi connectivity index (χ4v) is 4.06. The van der Waals surface area contributed by atoms with Crippen LogP contribution in [-0.4, -0.2) is 42.3 Å². The molecule has 0 spiro atoms. The fourth-order valence-electron chi connectivity index (χ4n) is 3.65. The second-order valence-corrected chi connectivity index (χ2v) is 7.22. The van der Waals surface area contributed by atoms with Crippen LogP contribution in [-0.2, 0) is 4.79 Å². The van der Waals surface area contributed by atoms with E-state index >= 15 is 0 Å². The van der Waals surface area contributed by atoms with Crippen molar-refractivity contribution in [3.05, 3.63) is 24.3 Å². The second-order valence-electron chi connectivity index (χ2n) is 6.34. The van der Waals surface area contributed by atoms with Crippen LogP contribution >= 0.6 is 24.2 Å². The lowest BCUT2D eigenvalue weighted by molar-refractivity contribution is -0.137. The molecule has 6 heteroatoms. The Kier molecular flexibility index (Phi) is 6.23. The smallest absolute Gasteiger partial charge is 0.263 e. The number of nitrogens with zero attached hydrogens (tertiary/aromatic N) is 1. The van der Waals surface area contributed by atoms with Gasteiger partial charge in [-0.2, -0.15) is 0 Å². The maximum absolute atomic E-state index is 12.6. The van der Waals surface area contributed by atoms with Crippen LogP contribution in [0, 0.1) is 11.8 Å². The average molecular weight is 357 g/mol. The van der Waals surface area contributed by atoms with Gasteiger partial charge in [0, 0.05) is 24.0 Å². The van der Waals surface area contributed by atoms with Crippen molar-refractivity contribution >= 4 is 30.1 Å². The Balaban J connectivity index is 0.00000192. The number of fused-ring (bicyclic) bond motifs is 1. The van der Waals surface area contributed by atoms with E-state index in [2.05, 4.69) is 0 Å². The van der Waals surface area contributed by atoms with Gasteiger partial charge in [-0.3, -0.25) is 4.79 Å². The maximum Gasteiger partial charge on any atom is 0.263 e. The van der Waals surface area contributed by atoms with Gasteiger partial charge >= 0.3 is 0 Å². The number of thioether (sulfide) groups is 1. The third kappa shape index (κ3) is 3.95. The zero-order valence-electron chi connectivity index (χ0n) is 13.6. The van der Waals surface area contributed by atoms with Gasteiger partial charge in [-0.1, -0.05) is 0 Å². The molecule has 1 aromatic carbocycles. The first-order valence-electron chi connectivity index (χ1n) is 7.93. The highest BCUT2D eigenvalue weighted by atomic mass is 35.5. The predicted molar refractivity (Wildman–Crippen MR) is 96.3 cm³/mol. The molecule has 2 aliphatic rings. The molecule has 0 aromatic heterocycles. The van der Waals surface area contributed by atoms with E-state index in [4.69, 9.17) is 10.5 Å². The molecule has 4 unspecified atom stereocenters. The van der Waals surface area contributed by atoms with Crippen LogP contribution in [0.5, 0.6) is 5.75 Å². The summed E-state index contributed by atoms with van der Waals surface area (Å²) < 4.78 is 5.81. The highest BCUT2D eigenvalue weighted by molar-refractivity contribution is 7.98. The van der Waals surface area contributed by atoms with Crippen LogP contribution < -0.4 is 10.5 Å². The summed E-state index contributed by atoms with van der Waals surface area (Å²) in [7, 11) is 0. The molecule has 1 saturated carbocycles. The normalized spacial score (nSPS) is 27.3. The number of carbonyl (C=O) groups excluding carboxylic acids is 1. The Morgan fingerprint density at radius 3 is 2.61 bits per heavy atom. The van der Waals surface area contributed by atoms with Gasteiger partial charge in [0.15, 0.2) is 6.10 Å². The minimum absolute atomic E-state index is 0. The minimum Gasteiger partial charge on any atom is -0.481 e. The summed E-state index contributed by atoms with van der Waals surface area (Å²) in [5.74, 6) is 1.90. The first-order valence-corrected chi connectivity index (χ1v) is 9.16. The number of hydrogen-bond acceptors (Lipinski definition) is 4. The molecular formula is C17H25ClN2O2S. The highest BCUT2D eigenvalue weighted by Gasteiger charge is 2.43. The molecule has 0 bridgehead atoms. The number of amides is 1. The van der Waals surface area contributed by atoms with Gasteiger partial charge in [0.25, 0.3) is 5.91 Å². The zero-order valence-corrected chi connectivity index (χ0v) is 15.2. The lowest BCUT2D eigenvalue weighted by Crippen LogP contribution is -2.40. The number of hydrogen-bond donors (Lipinski definition) is 1. The minimum atomic E-state index is -0.449. The lowest BCUT2D eigenvalue weighted by Gasteiger charge is -2.23. The number of likely N-dealkylation sites (tertiary alicyclic amines) is 1. The molecular weight excluding hydrogens is 332 g/mol. The number of carbonyl (C=O) groups is 1. The third-order valence-corrected chi connectivity index (χ3v) is 5.69. The second kappa shape index (κ2) is 7.77. The standard InChI is InChI=1S/C17H24N2O2S.ClH/c1-11(21-13-4-6-14(22-2)7-5-13)17(20)19-9-12-3-8-16(18)15(12)10-19;/h4-7,11-12,15-16H,3,8-10,18H2,1-2H3;1H. The molecule has 4 nitrogen and oxygen atoms in total. The summed E-state index contributed by atoms with van der Waals surface area (Å²) in [6, 6.07) is 8.12. The highest BCUT2D eigenvalue weighted by Crippen LogP contribution is 2.37. The maximum atomic E-state index is 12.6. The number of halogens is 1. The molecule has 1 aromatic rings. The van der Waals surface area contributed by atoms with Crippen LogP contribution in [0.25, 0.3) is 0 Å². The Morgan fingerprint density at radius 1 is 1.30 bits per heavy atom. The molecule has 2 N–H and O–H groups in total. The molecule has 3 rings (SSSR count). The van der Waals surface area contributed by atoms with Crippen molar-refractivity contribution < 1.29 is 9.53 Å². The molecule has 23 heavy (non-hydrogen) atoms.